The van der Waals surface area contributed by atoms with Gasteiger partial charge in [0.15, 0.2) is 0 Å². The molecule has 0 spiro atoms. The number of nitrogens with one attached hydrogen (secondary N) is 1. The van der Waals surface area contributed by atoms with Gasteiger partial charge in [0.2, 0.25) is 0 Å². The predicted molar refractivity (Wildman–Crippen MR) is 64.9 cm³/mol. The number of halogens is 3. The summed E-state index contributed by atoms with van der Waals surface area (Å²) in [6.45, 7) is 0.753. The van der Waals surface area contributed by atoms with E-state index in [-0.39, 0.29) is 12.8 Å². The first-order valence-corrected chi connectivity index (χ1v) is 6.15. The minimum atomic E-state index is -4.08. The van der Waals surface area contributed by atoms with E-state index < -0.39 is 12.1 Å². The Morgan fingerprint density at radius 2 is 1.95 bits per heavy atom. The van der Waals surface area contributed by atoms with Crippen molar-refractivity contribution in [2.75, 3.05) is 18.0 Å². The highest BCUT2D eigenvalue weighted by molar-refractivity contribution is 5.87. The quantitative estimate of drug-likeness (QED) is 0.866. The standard InChI is InChI=1S/C12H13F3N4/c13-12(14,15)8-2-5-19(6-3-8)11-9-1-4-16-10(9)17-7-18-11/h1,4,7-8H,2-3,5-6H2,(H,16,17,18). The van der Waals surface area contributed by atoms with E-state index in [0.717, 1.165) is 5.39 Å². The molecule has 102 valence electrons. The van der Waals surface area contributed by atoms with Gasteiger partial charge in [0.1, 0.15) is 17.8 Å². The zero-order valence-corrected chi connectivity index (χ0v) is 10.1. The van der Waals surface area contributed by atoms with Crippen LogP contribution in [0, 0.1) is 5.92 Å². The lowest BCUT2D eigenvalue weighted by atomic mass is 9.96. The molecule has 2 aromatic heterocycles. The van der Waals surface area contributed by atoms with Crippen LogP contribution in [0.3, 0.4) is 0 Å². The predicted octanol–water partition coefficient (Wildman–Crippen LogP) is 2.74. The average molecular weight is 270 g/mol. The van der Waals surface area contributed by atoms with Gasteiger partial charge in [-0.25, -0.2) is 9.97 Å². The van der Waals surface area contributed by atoms with Gasteiger partial charge in [-0.2, -0.15) is 13.2 Å². The monoisotopic (exact) mass is 270 g/mol. The number of anilines is 1. The van der Waals surface area contributed by atoms with Crippen LogP contribution in [-0.2, 0) is 0 Å². The minimum Gasteiger partial charge on any atom is -0.356 e. The molecule has 4 nitrogen and oxygen atoms in total. The van der Waals surface area contributed by atoms with E-state index in [1.165, 1.54) is 6.33 Å². The van der Waals surface area contributed by atoms with Gasteiger partial charge in [0.25, 0.3) is 0 Å². The van der Waals surface area contributed by atoms with Crippen molar-refractivity contribution in [3.63, 3.8) is 0 Å². The average Bonchev–Trinajstić information content (AvgIpc) is 2.86. The van der Waals surface area contributed by atoms with Crippen molar-refractivity contribution in [3.05, 3.63) is 18.6 Å². The maximum absolute atomic E-state index is 12.6. The van der Waals surface area contributed by atoms with Crippen molar-refractivity contribution in [2.45, 2.75) is 19.0 Å². The summed E-state index contributed by atoms with van der Waals surface area (Å²) in [4.78, 5) is 13.2. The highest BCUT2D eigenvalue weighted by Crippen LogP contribution is 2.35. The van der Waals surface area contributed by atoms with Gasteiger partial charge < -0.3 is 9.88 Å². The molecule has 0 amide bonds. The zero-order valence-electron chi connectivity index (χ0n) is 10.1. The number of nitrogens with zero attached hydrogens (tertiary/aromatic N) is 3. The van der Waals surface area contributed by atoms with Gasteiger partial charge in [0, 0.05) is 19.3 Å². The molecule has 0 atom stereocenters. The largest absolute Gasteiger partial charge is 0.391 e. The summed E-state index contributed by atoms with van der Waals surface area (Å²) in [5.41, 5.74) is 0.711. The van der Waals surface area contributed by atoms with Gasteiger partial charge in [-0.3, -0.25) is 0 Å². The Kier molecular flexibility index (Phi) is 2.83. The SMILES string of the molecule is FC(F)(F)C1CCN(c2ncnc3[nH]ccc23)CC1. The Bertz CT molecular complexity index is 570. The molecule has 0 radical (unpaired) electrons. The summed E-state index contributed by atoms with van der Waals surface area (Å²) in [6.07, 6.45) is -0.644. The Balaban J connectivity index is 1.80. The molecule has 1 aliphatic rings. The van der Waals surface area contributed by atoms with Crippen LogP contribution in [0.5, 0.6) is 0 Å². The lowest BCUT2D eigenvalue weighted by Crippen LogP contribution is -2.39. The van der Waals surface area contributed by atoms with E-state index in [1.807, 2.05) is 11.0 Å². The van der Waals surface area contributed by atoms with Crippen molar-refractivity contribution >= 4 is 16.9 Å². The van der Waals surface area contributed by atoms with E-state index in [4.69, 9.17) is 0 Å². The molecular formula is C12H13F3N4. The smallest absolute Gasteiger partial charge is 0.356 e. The number of rotatable bonds is 1. The summed E-state index contributed by atoms with van der Waals surface area (Å²) in [5.74, 6) is -0.473. The number of alkyl halides is 3. The molecule has 7 heteroatoms. The van der Waals surface area contributed by atoms with Crippen LogP contribution in [-0.4, -0.2) is 34.2 Å². The molecule has 1 aliphatic heterocycles. The fraction of sp³-hybridized carbons (Fsp3) is 0.500. The molecule has 1 saturated heterocycles. The second-order valence-corrected chi connectivity index (χ2v) is 4.74. The van der Waals surface area contributed by atoms with Gasteiger partial charge in [-0.1, -0.05) is 0 Å². The topological polar surface area (TPSA) is 44.8 Å². The molecule has 0 unspecified atom stereocenters. The highest BCUT2D eigenvalue weighted by atomic mass is 19.4. The van der Waals surface area contributed by atoms with Crippen LogP contribution in [0.2, 0.25) is 0 Å². The lowest BCUT2D eigenvalue weighted by Gasteiger charge is -2.33. The van der Waals surface area contributed by atoms with Crippen LogP contribution >= 0.6 is 0 Å². The third-order valence-corrected chi connectivity index (χ3v) is 3.59. The van der Waals surface area contributed by atoms with E-state index in [1.54, 1.807) is 6.20 Å². The molecule has 0 aliphatic carbocycles. The van der Waals surface area contributed by atoms with Gasteiger partial charge in [0.05, 0.1) is 11.3 Å². The maximum Gasteiger partial charge on any atom is 0.391 e. The molecule has 19 heavy (non-hydrogen) atoms. The van der Waals surface area contributed by atoms with Crippen LogP contribution in [0.1, 0.15) is 12.8 Å². The second kappa shape index (κ2) is 4.40. The van der Waals surface area contributed by atoms with Gasteiger partial charge in [-0.05, 0) is 18.9 Å². The number of aromatic amines is 1. The van der Waals surface area contributed by atoms with Crippen molar-refractivity contribution in [1.29, 1.82) is 0 Å². The summed E-state index contributed by atoms with van der Waals surface area (Å²) < 4.78 is 37.9. The van der Waals surface area contributed by atoms with E-state index in [9.17, 15) is 13.2 Å². The molecule has 0 bridgehead atoms. The first-order valence-electron chi connectivity index (χ1n) is 6.15. The molecule has 1 N–H and O–H groups in total. The number of hydrogen-bond donors (Lipinski definition) is 1. The molecule has 3 heterocycles. The zero-order chi connectivity index (χ0) is 13.5. The molecule has 0 aromatic carbocycles. The summed E-state index contributed by atoms with van der Waals surface area (Å²) in [5, 5.41) is 0.855. The first kappa shape index (κ1) is 12.3. The molecule has 1 fully saturated rings. The van der Waals surface area contributed by atoms with E-state index in [2.05, 4.69) is 15.0 Å². The third kappa shape index (κ3) is 2.24. The van der Waals surface area contributed by atoms with Gasteiger partial charge >= 0.3 is 6.18 Å². The summed E-state index contributed by atoms with van der Waals surface area (Å²) in [6, 6.07) is 1.85. The van der Waals surface area contributed by atoms with Crippen LogP contribution < -0.4 is 4.90 Å². The second-order valence-electron chi connectivity index (χ2n) is 4.74. The summed E-state index contributed by atoms with van der Waals surface area (Å²) >= 11 is 0. The van der Waals surface area contributed by atoms with Crippen LogP contribution in [0.15, 0.2) is 18.6 Å². The number of fused-ring (bicyclic) bond motifs is 1. The third-order valence-electron chi connectivity index (χ3n) is 3.59. The Hall–Kier alpha value is -1.79. The van der Waals surface area contributed by atoms with E-state index in [0.29, 0.717) is 24.6 Å². The number of piperidine rings is 1. The fourth-order valence-electron chi connectivity index (χ4n) is 2.53. The number of H-pyrrole nitrogens is 1. The molecule has 2 aromatic rings. The Morgan fingerprint density at radius 3 is 2.63 bits per heavy atom. The van der Waals surface area contributed by atoms with E-state index >= 15 is 0 Å². The summed E-state index contributed by atoms with van der Waals surface area (Å²) in [7, 11) is 0. The highest BCUT2D eigenvalue weighted by Gasteiger charge is 2.41. The maximum atomic E-state index is 12.6. The minimum absolute atomic E-state index is 0.124. The van der Waals surface area contributed by atoms with Crippen molar-refractivity contribution in [2.24, 2.45) is 5.92 Å². The van der Waals surface area contributed by atoms with Crippen molar-refractivity contribution in [3.8, 4) is 0 Å². The van der Waals surface area contributed by atoms with Crippen LogP contribution in [0.25, 0.3) is 11.0 Å². The normalized spacial score (nSPS) is 18.2. The number of hydrogen-bond acceptors (Lipinski definition) is 3. The van der Waals surface area contributed by atoms with Crippen molar-refractivity contribution in [1.82, 2.24) is 15.0 Å². The Labute approximate surface area is 107 Å². The molecule has 3 rings (SSSR count). The molecular weight excluding hydrogens is 257 g/mol. The molecule has 0 saturated carbocycles. The first-order chi connectivity index (χ1) is 9.05. The number of aromatic nitrogens is 3. The lowest BCUT2D eigenvalue weighted by molar-refractivity contribution is -0.179. The van der Waals surface area contributed by atoms with Crippen molar-refractivity contribution < 1.29 is 13.2 Å². The Morgan fingerprint density at radius 1 is 1.21 bits per heavy atom. The fourth-order valence-corrected chi connectivity index (χ4v) is 2.53. The van der Waals surface area contributed by atoms with Gasteiger partial charge in [-0.15, -0.1) is 0 Å². The van der Waals surface area contributed by atoms with Crippen LogP contribution in [0.4, 0.5) is 19.0 Å².